The zero-order valence-corrected chi connectivity index (χ0v) is 18.0. The van der Waals surface area contributed by atoms with Crippen LogP contribution >= 0.6 is 11.6 Å². The summed E-state index contributed by atoms with van der Waals surface area (Å²) in [5, 5.41) is 10.2. The fourth-order valence-electron chi connectivity index (χ4n) is 2.31. The van der Waals surface area contributed by atoms with Gasteiger partial charge in [-0.25, -0.2) is 21.2 Å². The van der Waals surface area contributed by atoms with Gasteiger partial charge in [0, 0.05) is 6.26 Å². The van der Waals surface area contributed by atoms with Crippen LogP contribution in [-0.4, -0.2) is 45.9 Å². The van der Waals surface area contributed by atoms with Gasteiger partial charge in [0.1, 0.15) is 10.7 Å². The van der Waals surface area contributed by atoms with Crippen LogP contribution in [0.1, 0.15) is 6.92 Å². The molecule has 0 aromatic heterocycles. The molecule has 2 N–H and O–H groups in total. The van der Waals surface area contributed by atoms with Crippen LogP contribution in [0.15, 0.2) is 51.1 Å². The summed E-state index contributed by atoms with van der Waals surface area (Å²) in [5.74, 6) is -2.73. The van der Waals surface area contributed by atoms with Crippen molar-refractivity contribution in [3.05, 3.63) is 47.2 Å². The number of aliphatic hydroxyl groups is 1. The minimum Gasteiger partial charge on any atom is -0.373 e. The van der Waals surface area contributed by atoms with Crippen molar-refractivity contribution in [1.82, 2.24) is 0 Å². The van der Waals surface area contributed by atoms with Crippen molar-refractivity contribution in [1.29, 1.82) is 0 Å². The number of rotatable bonds is 5. The average Bonchev–Trinajstić information content (AvgIpc) is 2.61. The second kappa shape index (κ2) is 8.04. The van der Waals surface area contributed by atoms with Crippen LogP contribution in [0.25, 0.3) is 0 Å². The van der Waals surface area contributed by atoms with Crippen molar-refractivity contribution < 1.29 is 44.3 Å². The number of benzene rings is 2. The Hall–Kier alpha value is -2.22. The Morgan fingerprint density at radius 3 is 2.00 bits per heavy atom. The van der Waals surface area contributed by atoms with E-state index in [2.05, 4.69) is 0 Å². The molecule has 0 aliphatic heterocycles. The summed E-state index contributed by atoms with van der Waals surface area (Å²) in [4.78, 5) is 9.57. The molecule has 2 rings (SSSR count). The summed E-state index contributed by atoms with van der Waals surface area (Å²) in [6.07, 6.45) is -4.77. The summed E-state index contributed by atoms with van der Waals surface area (Å²) >= 11 is 5.94. The third-order valence-electron chi connectivity index (χ3n) is 4.09. The molecular formula is C17H14ClF4NO6S2. The predicted molar refractivity (Wildman–Crippen MR) is 102 cm³/mol. The number of hydrogen-bond donors (Lipinski definition) is 2. The number of amides is 1. The highest BCUT2D eigenvalue weighted by Gasteiger charge is 2.56. The number of anilines is 1. The lowest BCUT2D eigenvalue weighted by Gasteiger charge is -2.25. The Bertz CT molecular complexity index is 1240. The maximum Gasteiger partial charge on any atom is 0.426 e. The van der Waals surface area contributed by atoms with Gasteiger partial charge in [-0.2, -0.15) is 13.2 Å². The minimum atomic E-state index is -5.37. The smallest absolute Gasteiger partial charge is 0.373 e. The van der Waals surface area contributed by atoms with Gasteiger partial charge in [0.2, 0.25) is 15.4 Å². The van der Waals surface area contributed by atoms with Crippen molar-refractivity contribution >= 4 is 42.9 Å². The predicted octanol–water partition coefficient (Wildman–Crippen LogP) is 2.97. The molecule has 0 aliphatic rings. The summed E-state index contributed by atoms with van der Waals surface area (Å²) in [7, 11) is -8.97. The van der Waals surface area contributed by atoms with Gasteiger partial charge in [-0.3, -0.25) is 4.79 Å². The molecular weight excluding hydrogens is 490 g/mol. The van der Waals surface area contributed by atoms with Crippen LogP contribution in [0.5, 0.6) is 0 Å². The molecule has 0 bridgehead atoms. The summed E-state index contributed by atoms with van der Waals surface area (Å²) in [5.41, 5.74) is -4.53. The van der Waals surface area contributed by atoms with E-state index in [1.54, 1.807) is 5.32 Å². The van der Waals surface area contributed by atoms with E-state index >= 15 is 0 Å². The lowest BCUT2D eigenvalue weighted by molar-refractivity contribution is -0.242. The number of alkyl halides is 3. The van der Waals surface area contributed by atoms with Gasteiger partial charge in [-0.15, -0.1) is 0 Å². The first kappa shape index (κ1) is 25.0. The second-order valence-electron chi connectivity index (χ2n) is 6.51. The van der Waals surface area contributed by atoms with Crippen LogP contribution in [0.3, 0.4) is 0 Å². The zero-order valence-electron chi connectivity index (χ0n) is 15.7. The zero-order chi connectivity index (χ0) is 24.0. The Kier molecular flexibility index (Phi) is 6.50. The lowest BCUT2D eigenvalue weighted by Crippen LogP contribution is -2.52. The fourth-order valence-corrected chi connectivity index (χ4v) is 5.99. The molecule has 0 unspecified atom stereocenters. The Morgan fingerprint density at radius 1 is 1.03 bits per heavy atom. The number of nitrogens with one attached hydrogen (secondary N) is 1. The molecule has 2 aromatic carbocycles. The van der Waals surface area contributed by atoms with Gasteiger partial charge < -0.3 is 10.4 Å². The maximum absolute atomic E-state index is 13.1. The first-order valence-electron chi connectivity index (χ1n) is 8.04. The lowest BCUT2D eigenvalue weighted by atomic mass is 10.1. The Morgan fingerprint density at radius 2 is 1.55 bits per heavy atom. The molecule has 0 fully saturated rings. The SMILES string of the molecule is C[C@@](O)(C(=O)Nc1ccc(S(=O)(=O)c2ccc(F)cc2)c(S(C)(=O)=O)c1Cl)C(F)(F)F. The van der Waals surface area contributed by atoms with Crippen molar-refractivity contribution in [2.45, 2.75) is 33.4 Å². The minimum absolute atomic E-state index is 0.168. The molecule has 0 aliphatic carbocycles. The van der Waals surface area contributed by atoms with Crippen molar-refractivity contribution in [3.8, 4) is 0 Å². The number of carbonyl (C=O) groups excluding carboxylic acids is 1. The van der Waals surface area contributed by atoms with Crippen LogP contribution in [0, 0.1) is 5.82 Å². The van der Waals surface area contributed by atoms with E-state index in [0.29, 0.717) is 12.3 Å². The van der Waals surface area contributed by atoms with E-state index in [1.807, 2.05) is 0 Å². The summed E-state index contributed by atoms with van der Waals surface area (Å²) in [6, 6.07) is 4.86. The van der Waals surface area contributed by atoms with Gasteiger partial charge in [0.05, 0.1) is 20.5 Å². The number of hydrogen-bond acceptors (Lipinski definition) is 6. The first-order chi connectivity index (χ1) is 13.9. The van der Waals surface area contributed by atoms with Crippen LogP contribution in [-0.2, 0) is 24.5 Å². The molecule has 1 atom stereocenters. The van der Waals surface area contributed by atoms with Gasteiger partial charge in [-0.05, 0) is 43.3 Å². The van der Waals surface area contributed by atoms with E-state index < -0.39 is 68.6 Å². The molecule has 0 saturated carbocycles. The van der Waals surface area contributed by atoms with E-state index in [4.69, 9.17) is 11.6 Å². The van der Waals surface area contributed by atoms with E-state index in [1.165, 1.54) is 0 Å². The summed E-state index contributed by atoms with van der Waals surface area (Å²) in [6.45, 7) is 0.168. The quantitative estimate of drug-likeness (QED) is 0.478. The maximum atomic E-state index is 13.1. The monoisotopic (exact) mass is 503 g/mol. The topological polar surface area (TPSA) is 118 Å². The molecule has 2 aromatic rings. The molecule has 0 spiro atoms. The van der Waals surface area contributed by atoms with Crippen molar-refractivity contribution in [2.24, 2.45) is 0 Å². The molecule has 14 heteroatoms. The van der Waals surface area contributed by atoms with Crippen molar-refractivity contribution in [3.63, 3.8) is 0 Å². The second-order valence-corrected chi connectivity index (χ2v) is 10.8. The largest absolute Gasteiger partial charge is 0.426 e. The van der Waals surface area contributed by atoms with E-state index in [-0.39, 0.29) is 6.92 Å². The number of carbonyl (C=O) groups is 1. The van der Waals surface area contributed by atoms with Crippen LogP contribution < -0.4 is 5.32 Å². The molecule has 7 nitrogen and oxygen atoms in total. The number of halogens is 5. The normalized spacial score (nSPS) is 14.7. The van der Waals surface area contributed by atoms with Crippen LogP contribution in [0.4, 0.5) is 23.2 Å². The summed E-state index contributed by atoms with van der Waals surface area (Å²) < 4.78 is 102. The molecule has 31 heavy (non-hydrogen) atoms. The van der Waals surface area contributed by atoms with E-state index in [9.17, 15) is 44.3 Å². The van der Waals surface area contributed by atoms with Crippen molar-refractivity contribution in [2.75, 3.05) is 11.6 Å². The highest BCUT2D eigenvalue weighted by atomic mass is 35.5. The van der Waals surface area contributed by atoms with Gasteiger partial charge in [-0.1, -0.05) is 11.6 Å². The van der Waals surface area contributed by atoms with E-state index in [0.717, 1.165) is 30.3 Å². The molecule has 1 amide bonds. The van der Waals surface area contributed by atoms with Gasteiger partial charge >= 0.3 is 6.18 Å². The Labute approximate surface area is 179 Å². The third-order valence-corrected chi connectivity index (χ3v) is 7.70. The number of sulfone groups is 2. The Balaban J connectivity index is 2.67. The highest BCUT2D eigenvalue weighted by molar-refractivity contribution is 7.94. The molecule has 170 valence electrons. The molecule has 0 heterocycles. The van der Waals surface area contributed by atoms with Crippen LogP contribution in [0.2, 0.25) is 5.02 Å². The first-order valence-corrected chi connectivity index (χ1v) is 11.8. The third kappa shape index (κ3) is 4.84. The standard InChI is InChI=1S/C17H14ClF4NO6S2/c1-16(25,17(20,21)22)15(24)23-11-7-8-12(14(13(11)18)30(2,26)27)31(28,29)10-5-3-9(19)4-6-10/h3-8,25H,1-2H3,(H,23,24)/t16-/m1/s1. The fraction of sp³-hybridized carbons (Fsp3) is 0.235. The van der Waals surface area contributed by atoms with Gasteiger partial charge in [0.15, 0.2) is 9.84 Å². The van der Waals surface area contributed by atoms with Gasteiger partial charge in [0.25, 0.3) is 5.91 Å². The molecule has 0 radical (unpaired) electrons. The highest BCUT2D eigenvalue weighted by Crippen LogP contribution is 2.38. The molecule has 0 saturated heterocycles. The average molecular weight is 504 g/mol.